The predicted octanol–water partition coefficient (Wildman–Crippen LogP) is 0.963. The first-order chi connectivity index (χ1) is 13.4. The molecule has 28 heavy (non-hydrogen) atoms. The number of hydrogen-bond acceptors (Lipinski definition) is 7. The lowest BCUT2D eigenvalue weighted by molar-refractivity contribution is 0.122. The van der Waals surface area contributed by atoms with Crippen molar-refractivity contribution in [3.63, 3.8) is 0 Å². The quantitative estimate of drug-likeness (QED) is 0.805. The van der Waals surface area contributed by atoms with Gasteiger partial charge in [0, 0.05) is 45.0 Å². The monoisotopic (exact) mass is 408 g/mol. The third-order valence-corrected chi connectivity index (χ3v) is 7.65. The van der Waals surface area contributed by atoms with Gasteiger partial charge in [-0.05, 0) is 26.8 Å². The average molecular weight is 409 g/mol. The number of aromatic nitrogens is 3. The number of morpholine rings is 1. The van der Waals surface area contributed by atoms with Gasteiger partial charge >= 0.3 is 0 Å². The molecule has 1 N–H and O–H groups in total. The zero-order valence-electron chi connectivity index (χ0n) is 16.7. The minimum Gasteiger partial charge on any atom is -0.378 e. The van der Waals surface area contributed by atoms with E-state index >= 15 is 0 Å². The smallest absolute Gasteiger partial charge is 0.229 e. The number of nitrogens with zero attached hydrogens (tertiary/aromatic N) is 5. The number of piperazine rings is 1. The molecular weight excluding hydrogens is 380 g/mol. The normalized spacial score (nSPS) is 19.7. The number of ether oxygens (including phenoxy) is 1. The van der Waals surface area contributed by atoms with Gasteiger partial charge < -0.3 is 19.5 Å². The Morgan fingerprint density at radius 1 is 1.04 bits per heavy atom. The van der Waals surface area contributed by atoms with E-state index in [2.05, 4.69) is 20.9 Å². The minimum atomic E-state index is -3.22. The standard InChI is InChI=1S/C18H28N6O3S/c1-13(2)28(25,26)24-6-4-22(5-7-24)17-15-12-14(3)19-16(15)20-18(21-17)23-8-10-27-11-9-23/h12-13H,4-11H2,1-3H3,(H,19,20,21). The van der Waals surface area contributed by atoms with Crippen LogP contribution in [0.15, 0.2) is 6.07 Å². The summed E-state index contributed by atoms with van der Waals surface area (Å²) in [6.45, 7) is 10.5. The zero-order chi connectivity index (χ0) is 19.9. The van der Waals surface area contributed by atoms with Gasteiger partial charge in [-0.1, -0.05) is 0 Å². The summed E-state index contributed by atoms with van der Waals surface area (Å²) in [5.74, 6) is 1.57. The molecule has 0 spiro atoms. The van der Waals surface area contributed by atoms with Crippen molar-refractivity contribution < 1.29 is 13.2 Å². The molecule has 2 aliphatic heterocycles. The summed E-state index contributed by atoms with van der Waals surface area (Å²) >= 11 is 0. The van der Waals surface area contributed by atoms with E-state index in [0.717, 1.165) is 35.6 Å². The number of aromatic amines is 1. The second-order valence-electron chi connectivity index (χ2n) is 7.64. The van der Waals surface area contributed by atoms with Gasteiger partial charge in [0.15, 0.2) is 0 Å². The summed E-state index contributed by atoms with van der Waals surface area (Å²) in [7, 11) is -3.22. The molecule has 0 atom stereocenters. The predicted molar refractivity (Wildman–Crippen MR) is 109 cm³/mol. The highest BCUT2D eigenvalue weighted by atomic mass is 32.2. The molecule has 9 nitrogen and oxygen atoms in total. The second kappa shape index (κ2) is 7.49. The number of fused-ring (bicyclic) bond motifs is 1. The molecule has 0 aliphatic carbocycles. The number of rotatable bonds is 4. The van der Waals surface area contributed by atoms with Crippen molar-refractivity contribution >= 4 is 32.8 Å². The van der Waals surface area contributed by atoms with Crippen LogP contribution in [0.3, 0.4) is 0 Å². The first kappa shape index (κ1) is 19.4. The Morgan fingerprint density at radius 2 is 1.71 bits per heavy atom. The first-order valence-electron chi connectivity index (χ1n) is 9.80. The second-order valence-corrected chi connectivity index (χ2v) is 10.1. The van der Waals surface area contributed by atoms with E-state index in [0.29, 0.717) is 45.3 Å². The van der Waals surface area contributed by atoms with Crippen LogP contribution in [-0.4, -0.2) is 85.4 Å². The topological polar surface area (TPSA) is 94.7 Å². The molecule has 0 saturated carbocycles. The number of sulfonamides is 1. The van der Waals surface area contributed by atoms with Crippen LogP contribution in [0.5, 0.6) is 0 Å². The molecule has 2 aromatic heterocycles. The van der Waals surface area contributed by atoms with Crippen LogP contribution >= 0.6 is 0 Å². The fourth-order valence-corrected chi connectivity index (χ4v) is 4.98. The first-order valence-corrected chi connectivity index (χ1v) is 11.3. The van der Waals surface area contributed by atoms with Crippen LogP contribution in [0.4, 0.5) is 11.8 Å². The van der Waals surface area contributed by atoms with Crippen LogP contribution in [0.2, 0.25) is 0 Å². The molecule has 0 amide bonds. The maximum absolute atomic E-state index is 12.5. The molecule has 2 saturated heterocycles. The lowest BCUT2D eigenvalue weighted by Gasteiger charge is -2.36. The van der Waals surface area contributed by atoms with Gasteiger partial charge in [0.1, 0.15) is 11.5 Å². The highest BCUT2D eigenvalue weighted by molar-refractivity contribution is 7.89. The Labute approximate surface area is 165 Å². The molecule has 0 bridgehead atoms. The SMILES string of the molecule is Cc1cc2c(N3CCN(S(=O)(=O)C(C)C)CC3)nc(N3CCOCC3)nc2[nH]1. The van der Waals surface area contributed by atoms with Gasteiger partial charge in [0.25, 0.3) is 0 Å². The van der Waals surface area contributed by atoms with Crippen molar-refractivity contribution in [3.05, 3.63) is 11.8 Å². The summed E-state index contributed by atoms with van der Waals surface area (Å²) in [6, 6.07) is 2.06. The fourth-order valence-electron chi connectivity index (χ4n) is 3.71. The Bertz CT molecular complexity index is 944. The van der Waals surface area contributed by atoms with E-state index < -0.39 is 15.3 Å². The lowest BCUT2D eigenvalue weighted by Crippen LogP contribution is -2.50. The minimum absolute atomic E-state index is 0.398. The third kappa shape index (κ3) is 3.56. The van der Waals surface area contributed by atoms with Gasteiger partial charge in [-0.3, -0.25) is 0 Å². The van der Waals surface area contributed by atoms with Crippen LogP contribution in [0, 0.1) is 6.92 Å². The molecule has 154 valence electrons. The molecule has 0 aromatic carbocycles. The molecule has 2 aromatic rings. The van der Waals surface area contributed by atoms with E-state index in [4.69, 9.17) is 14.7 Å². The van der Waals surface area contributed by atoms with Crippen molar-refractivity contribution in [2.24, 2.45) is 0 Å². The zero-order valence-corrected chi connectivity index (χ0v) is 17.5. The van der Waals surface area contributed by atoms with Crippen molar-refractivity contribution in [1.29, 1.82) is 0 Å². The van der Waals surface area contributed by atoms with E-state index in [-0.39, 0.29) is 0 Å². The largest absolute Gasteiger partial charge is 0.378 e. The van der Waals surface area contributed by atoms with Gasteiger partial charge in [0.05, 0.1) is 23.8 Å². The van der Waals surface area contributed by atoms with Crippen molar-refractivity contribution in [2.45, 2.75) is 26.0 Å². The van der Waals surface area contributed by atoms with Crippen molar-refractivity contribution in [2.75, 3.05) is 62.3 Å². The van der Waals surface area contributed by atoms with Gasteiger partial charge in [-0.15, -0.1) is 0 Å². The van der Waals surface area contributed by atoms with E-state index in [1.165, 1.54) is 0 Å². The summed E-state index contributed by atoms with van der Waals surface area (Å²) in [5, 5.41) is 0.583. The summed E-state index contributed by atoms with van der Waals surface area (Å²) in [4.78, 5) is 17.2. The molecule has 0 radical (unpaired) electrons. The van der Waals surface area contributed by atoms with Crippen LogP contribution in [0.25, 0.3) is 11.0 Å². The van der Waals surface area contributed by atoms with Crippen LogP contribution in [0.1, 0.15) is 19.5 Å². The van der Waals surface area contributed by atoms with Crippen molar-refractivity contribution in [3.8, 4) is 0 Å². The maximum Gasteiger partial charge on any atom is 0.229 e. The number of H-pyrrole nitrogens is 1. The summed E-state index contributed by atoms with van der Waals surface area (Å²) in [5.41, 5.74) is 1.85. The molecule has 2 fully saturated rings. The fraction of sp³-hybridized carbons (Fsp3) is 0.667. The molecule has 2 aliphatic rings. The van der Waals surface area contributed by atoms with Crippen LogP contribution in [-0.2, 0) is 14.8 Å². The highest BCUT2D eigenvalue weighted by Crippen LogP contribution is 2.29. The molecule has 4 heterocycles. The average Bonchev–Trinajstić information content (AvgIpc) is 3.08. The maximum atomic E-state index is 12.5. The summed E-state index contributed by atoms with van der Waals surface area (Å²) < 4.78 is 32.0. The number of hydrogen-bond donors (Lipinski definition) is 1. The molecule has 0 unspecified atom stereocenters. The molecule has 10 heteroatoms. The Morgan fingerprint density at radius 3 is 2.36 bits per heavy atom. The number of nitrogens with one attached hydrogen (secondary N) is 1. The molecular formula is C18H28N6O3S. The van der Waals surface area contributed by atoms with Gasteiger partial charge in [-0.25, -0.2) is 8.42 Å². The van der Waals surface area contributed by atoms with Gasteiger partial charge in [0.2, 0.25) is 16.0 Å². The number of anilines is 2. The Hall–Kier alpha value is -1.91. The summed E-state index contributed by atoms with van der Waals surface area (Å²) in [6.07, 6.45) is 0. The van der Waals surface area contributed by atoms with E-state index in [1.807, 2.05) is 6.92 Å². The Balaban J connectivity index is 1.63. The third-order valence-electron chi connectivity index (χ3n) is 5.38. The Kier molecular flexibility index (Phi) is 5.19. The van der Waals surface area contributed by atoms with E-state index in [1.54, 1.807) is 18.2 Å². The van der Waals surface area contributed by atoms with Gasteiger partial charge in [-0.2, -0.15) is 14.3 Å². The number of aryl methyl sites for hydroxylation is 1. The van der Waals surface area contributed by atoms with Crippen molar-refractivity contribution in [1.82, 2.24) is 19.3 Å². The van der Waals surface area contributed by atoms with E-state index in [9.17, 15) is 8.42 Å². The highest BCUT2D eigenvalue weighted by Gasteiger charge is 2.31. The lowest BCUT2D eigenvalue weighted by atomic mass is 10.3. The van der Waals surface area contributed by atoms with Crippen LogP contribution < -0.4 is 9.80 Å². The molecule has 4 rings (SSSR count).